The van der Waals surface area contributed by atoms with Crippen LogP contribution in [-0.4, -0.2) is 13.3 Å². The van der Waals surface area contributed by atoms with Crippen LogP contribution in [0.25, 0.3) is 0 Å². The van der Waals surface area contributed by atoms with Crippen molar-refractivity contribution in [2.24, 2.45) is 0 Å². The number of alkyl halides is 3. The van der Waals surface area contributed by atoms with Crippen LogP contribution in [0.4, 0.5) is 8.78 Å². The molecule has 0 radical (unpaired) electrons. The monoisotopic (exact) mass is 102 g/mol. The van der Waals surface area contributed by atoms with Crippen molar-refractivity contribution in [2.75, 3.05) is 13.3 Å². The van der Waals surface area contributed by atoms with Gasteiger partial charge in [0.05, 0.1) is 0 Å². The molecule has 0 saturated heterocycles. The van der Waals surface area contributed by atoms with Crippen LogP contribution in [0.15, 0.2) is 0 Å². The third-order valence-electron chi connectivity index (χ3n) is 0. The first kappa shape index (κ1) is 8.94. The molecule has 0 aliphatic carbocycles. The standard InChI is InChI=1S/CH3Cl.CH2F2/c1-2;2-1-3/h1H3;1H2. The second kappa shape index (κ2) is 31.1. The molecular formula is C2H5ClF2. The Kier molecular flexibility index (Phi) is 55.7. The number of hydrogen-bond donors (Lipinski definition) is 0. The molecule has 0 aromatic heterocycles. The largest absolute Gasteiger partial charge is 0.229 e. The van der Waals surface area contributed by atoms with Gasteiger partial charge in [0.2, 0.25) is 6.93 Å². The molecule has 0 fully saturated rings. The minimum Gasteiger partial charge on any atom is -0.214 e. The van der Waals surface area contributed by atoms with E-state index in [0.29, 0.717) is 0 Å². The van der Waals surface area contributed by atoms with Gasteiger partial charge in [-0.25, -0.2) is 8.78 Å². The van der Waals surface area contributed by atoms with E-state index in [1.807, 2.05) is 0 Å². The Morgan fingerprint density at radius 3 is 1.40 bits per heavy atom. The maximum atomic E-state index is 9.62. The molecule has 0 amide bonds. The fourth-order valence-electron chi connectivity index (χ4n) is 0. The molecule has 0 bridgehead atoms. The van der Waals surface area contributed by atoms with Crippen molar-refractivity contribution >= 4 is 11.6 Å². The maximum absolute atomic E-state index is 9.62. The zero-order chi connectivity index (χ0) is 4.71. The third-order valence-corrected chi connectivity index (χ3v) is 0. The van der Waals surface area contributed by atoms with Crippen LogP contribution in [0.5, 0.6) is 0 Å². The zero-order valence-electron chi connectivity index (χ0n) is 2.84. The molecule has 0 spiro atoms. The van der Waals surface area contributed by atoms with Gasteiger partial charge in [-0.15, -0.1) is 11.6 Å². The summed E-state index contributed by atoms with van der Waals surface area (Å²) in [5, 5.41) is 0. The highest BCUT2D eigenvalue weighted by atomic mass is 35.5. The Labute approximate surface area is 34.7 Å². The molecule has 5 heavy (non-hydrogen) atoms. The average Bonchev–Trinajstić information content (AvgIpc) is 1.46. The molecule has 0 aromatic rings. The van der Waals surface area contributed by atoms with E-state index in [1.54, 1.807) is 0 Å². The van der Waals surface area contributed by atoms with Gasteiger partial charge >= 0.3 is 0 Å². The highest BCUT2D eigenvalue weighted by Gasteiger charge is 1.44. The molecule has 34 valence electrons. The first-order valence-corrected chi connectivity index (χ1v) is 1.67. The highest BCUT2D eigenvalue weighted by Crippen LogP contribution is 1.56. The number of rotatable bonds is 0. The smallest absolute Gasteiger partial charge is 0.214 e. The fraction of sp³-hybridized carbons (Fsp3) is 1.00. The van der Waals surface area contributed by atoms with Crippen LogP contribution in [0.1, 0.15) is 0 Å². The van der Waals surface area contributed by atoms with E-state index < -0.39 is 6.93 Å². The van der Waals surface area contributed by atoms with Crippen molar-refractivity contribution in [3.63, 3.8) is 0 Å². The topological polar surface area (TPSA) is 0 Å². The Morgan fingerprint density at radius 2 is 1.40 bits per heavy atom. The molecule has 0 aliphatic heterocycles. The molecule has 0 nitrogen and oxygen atoms in total. The maximum Gasteiger partial charge on any atom is 0.229 e. The second-order valence-electron chi connectivity index (χ2n) is 0.101. The van der Waals surface area contributed by atoms with Crippen LogP contribution < -0.4 is 0 Å². The van der Waals surface area contributed by atoms with Crippen molar-refractivity contribution in [3.8, 4) is 0 Å². The van der Waals surface area contributed by atoms with Gasteiger partial charge in [0.1, 0.15) is 0 Å². The van der Waals surface area contributed by atoms with Crippen molar-refractivity contribution in [1.82, 2.24) is 0 Å². The van der Waals surface area contributed by atoms with Crippen LogP contribution in [0.2, 0.25) is 0 Å². The summed E-state index contributed by atoms with van der Waals surface area (Å²) < 4.78 is 19.2. The quantitative estimate of drug-likeness (QED) is 0.409. The lowest BCUT2D eigenvalue weighted by atomic mass is 11.7. The third kappa shape index (κ3) is 853. The summed E-state index contributed by atoms with van der Waals surface area (Å²) >= 11 is 4.64. The van der Waals surface area contributed by atoms with Gasteiger partial charge in [-0.2, -0.15) is 0 Å². The summed E-state index contributed by atoms with van der Waals surface area (Å²) in [6.07, 6.45) is 1.47. The van der Waals surface area contributed by atoms with Crippen molar-refractivity contribution in [2.45, 2.75) is 0 Å². The molecule has 0 atom stereocenters. The van der Waals surface area contributed by atoms with Crippen LogP contribution in [-0.2, 0) is 0 Å². The summed E-state index contributed by atoms with van der Waals surface area (Å²) in [5.74, 6) is 0. The van der Waals surface area contributed by atoms with Gasteiger partial charge in [0.15, 0.2) is 0 Å². The Morgan fingerprint density at radius 1 is 1.40 bits per heavy atom. The summed E-state index contributed by atoms with van der Waals surface area (Å²) in [6.45, 7) is -1.75. The van der Waals surface area contributed by atoms with Crippen LogP contribution in [0.3, 0.4) is 0 Å². The van der Waals surface area contributed by atoms with E-state index in [0.717, 1.165) is 0 Å². The summed E-state index contributed by atoms with van der Waals surface area (Å²) in [7, 11) is 0. The first-order chi connectivity index (χ1) is 2.41. The number of halogens is 3. The van der Waals surface area contributed by atoms with E-state index in [1.165, 1.54) is 6.38 Å². The Hall–Kier alpha value is 0.150. The van der Waals surface area contributed by atoms with E-state index in [2.05, 4.69) is 11.6 Å². The number of hydrogen-bond acceptors (Lipinski definition) is 0. The van der Waals surface area contributed by atoms with E-state index in [-0.39, 0.29) is 0 Å². The van der Waals surface area contributed by atoms with Gasteiger partial charge < -0.3 is 0 Å². The van der Waals surface area contributed by atoms with Crippen molar-refractivity contribution < 1.29 is 8.78 Å². The lowest BCUT2D eigenvalue weighted by molar-refractivity contribution is 0.295. The van der Waals surface area contributed by atoms with E-state index >= 15 is 0 Å². The second-order valence-corrected chi connectivity index (χ2v) is 0.101. The molecule has 0 aromatic carbocycles. The summed E-state index contributed by atoms with van der Waals surface area (Å²) in [6, 6.07) is 0. The zero-order valence-corrected chi connectivity index (χ0v) is 3.60. The first-order valence-electron chi connectivity index (χ1n) is 0.912. The minimum atomic E-state index is -1.75. The molecule has 0 aliphatic rings. The molecule has 0 heterocycles. The van der Waals surface area contributed by atoms with E-state index in [9.17, 15) is 8.78 Å². The fourth-order valence-corrected chi connectivity index (χ4v) is 0. The highest BCUT2D eigenvalue weighted by molar-refractivity contribution is 6.15. The lowest BCUT2D eigenvalue weighted by Gasteiger charge is -1.42. The van der Waals surface area contributed by atoms with Gasteiger partial charge in [0.25, 0.3) is 0 Å². The minimum absolute atomic E-state index is 1.47. The van der Waals surface area contributed by atoms with Gasteiger partial charge in [-0.05, 0) is 0 Å². The normalized spacial score (nSPS) is 4.80. The van der Waals surface area contributed by atoms with Crippen LogP contribution >= 0.6 is 11.6 Å². The Bertz CT molecular complexity index is 7.61. The molecule has 0 unspecified atom stereocenters. The molecule has 0 N–H and O–H groups in total. The average molecular weight is 103 g/mol. The van der Waals surface area contributed by atoms with E-state index in [4.69, 9.17) is 0 Å². The molecule has 3 heteroatoms. The summed E-state index contributed by atoms with van der Waals surface area (Å²) in [4.78, 5) is 0. The van der Waals surface area contributed by atoms with Crippen LogP contribution in [0, 0.1) is 0 Å². The predicted molar refractivity (Wildman–Crippen MR) is 18.9 cm³/mol. The summed E-state index contributed by atoms with van der Waals surface area (Å²) in [5.41, 5.74) is 0. The molecule has 0 rings (SSSR count). The van der Waals surface area contributed by atoms with Gasteiger partial charge in [-0.1, -0.05) is 0 Å². The lowest BCUT2D eigenvalue weighted by Crippen LogP contribution is -1.34. The van der Waals surface area contributed by atoms with Crippen molar-refractivity contribution in [3.05, 3.63) is 0 Å². The van der Waals surface area contributed by atoms with Crippen molar-refractivity contribution in [1.29, 1.82) is 0 Å². The van der Waals surface area contributed by atoms with Gasteiger partial charge in [-0.3, -0.25) is 0 Å². The molecule has 0 saturated carbocycles. The predicted octanol–water partition coefficient (Wildman–Crippen LogP) is 1.74. The Balaban J connectivity index is 0. The molecular weight excluding hydrogens is 97.5 g/mol. The SMILES string of the molecule is CCl.FCF. The van der Waals surface area contributed by atoms with Gasteiger partial charge in [0, 0.05) is 6.38 Å².